The second-order valence-corrected chi connectivity index (χ2v) is 8.34. The normalized spacial score (nSPS) is 14.0. The number of esters is 1. The van der Waals surface area contributed by atoms with Gasteiger partial charge in [0.25, 0.3) is 0 Å². The van der Waals surface area contributed by atoms with Gasteiger partial charge in [-0.1, -0.05) is 13.8 Å². The van der Waals surface area contributed by atoms with Gasteiger partial charge in [0.1, 0.15) is 16.7 Å². The van der Waals surface area contributed by atoms with Gasteiger partial charge in [0.15, 0.2) is 5.69 Å². The molecular weight excluding hydrogens is 356 g/mol. The Morgan fingerprint density at radius 2 is 1.96 bits per heavy atom. The highest BCUT2D eigenvalue weighted by molar-refractivity contribution is 7.09. The van der Waals surface area contributed by atoms with Crippen LogP contribution in [0.1, 0.15) is 69.6 Å². The van der Waals surface area contributed by atoms with Crippen molar-refractivity contribution in [2.45, 2.75) is 65.7 Å². The summed E-state index contributed by atoms with van der Waals surface area (Å²) < 4.78 is 10.3. The molecule has 0 aliphatic carbocycles. The first kappa shape index (κ1) is 22.4. The molecule has 2 atom stereocenters. The van der Waals surface area contributed by atoms with Crippen LogP contribution in [0, 0.1) is 5.92 Å². The summed E-state index contributed by atoms with van der Waals surface area (Å²) >= 11 is 1.20. The third-order valence-electron chi connectivity index (χ3n) is 3.70. The Bertz CT molecular complexity index is 609. The van der Waals surface area contributed by atoms with Crippen LogP contribution in [0.4, 0.5) is 4.79 Å². The second kappa shape index (κ2) is 9.32. The lowest BCUT2D eigenvalue weighted by atomic mass is 9.97. The molecule has 1 aromatic rings. The van der Waals surface area contributed by atoms with E-state index in [1.165, 1.54) is 16.2 Å². The van der Waals surface area contributed by atoms with E-state index in [9.17, 15) is 14.7 Å². The Hall–Kier alpha value is -1.67. The van der Waals surface area contributed by atoms with Crippen molar-refractivity contribution in [3.05, 3.63) is 16.1 Å². The van der Waals surface area contributed by atoms with Crippen LogP contribution < -0.4 is 0 Å². The summed E-state index contributed by atoms with van der Waals surface area (Å²) in [7, 11) is 1.66. The number of hydrogen-bond donors (Lipinski definition) is 1. The minimum absolute atomic E-state index is 0.103. The molecule has 0 radical (unpaired) electrons. The summed E-state index contributed by atoms with van der Waals surface area (Å²) in [5.41, 5.74) is -0.400. The highest BCUT2D eigenvalue weighted by Crippen LogP contribution is 2.27. The van der Waals surface area contributed by atoms with E-state index in [1.54, 1.807) is 19.4 Å². The molecule has 0 aliphatic heterocycles. The van der Waals surface area contributed by atoms with E-state index in [4.69, 9.17) is 9.47 Å². The van der Waals surface area contributed by atoms with Crippen LogP contribution in [0.25, 0.3) is 0 Å². The number of aliphatic hydroxyl groups is 1. The molecule has 8 heteroatoms. The topological polar surface area (TPSA) is 89.0 Å². The molecule has 0 spiro atoms. The van der Waals surface area contributed by atoms with E-state index >= 15 is 0 Å². The molecule has 1 heterocycles. The smallest absolute Gasteiger partial charge is 0.410 e. The molecule has 0 saturated carbocycles. The average Bonchev–Trinajstić information content (AvgIpc) is 3.00. The molecule has 1 rings (SSSR count). The third kappa shape index (κ3) is 6.57. The Balaban J connectivity index is 2.83. The van der Waals surface area contributed by atoms with Crippen molar-refractivity contribution >= 4 is 23.4 Å². The molecule has 7 nitrogen and oxygen atoms in total. The van der Waals surface area contributed by atoms with E-state index in [0.29, 0.717) is 11.4 Å². The number of nitrogens with zero attached hydrogens (tertiary/aromatic N) is 2. The monoisotopic (exact) mass is 386 g/mol. The first-order valence-corrected chi connectivity index (χ1v) is 9.60. The number of rotatable bonds is 7. The second-order valence-electron chi connectivity index (χ2n) is 7.45. The van der Waals surface area contributed by atoms with E-state index in [-0.39, 0.29) is 24.3 Å². The summed E-state index contributed by atoms with van der Waals surface area (Å²) in [6.07, 6.45) is -1.03. The molecule has 0 unspecified atom stereocenters. The van der Waals surface area contributed by atoms with Crippen LogP contribution in [-0.4, -0.2) is 52.4 Å². The number of aliphatic hydroxyl groups excluding tert-OH is 1. The van der Waals surface area contributed by atoms with Gasteiger partial charge in [-0.2, -0.15) is 0 Å². The summed E-state index contributed by atoms with van der Waals surface area (Å²) in [5.74, 6) is -0.403. The number of carbonyl (C=O) groups excluding carboxylic acids is 2. The fraction of sp³-hybridized carbons (Fsp3) is 0.722. The number of aromatic nitrogens is 1. The van der Waals surface area contributed by atoms with Crippen molar-refractivity contribution in [1.82, 2.24) is 9.88 Å². The molecule has 1 amide bonds. The SMILES string of the molecule is CCOC(=O)c1csc([C@@H](O)C[C@H](C(C)C)N(C)C(=O)OC(C)(C)C)n1. The maximum absolute atomic E-state index is 12.3. The molecule has 148 valence electrons. The van der Waals surface area contributed by atoms with Gasteiger partial charge >= 0.3 is 12.1 Å². The Kier molecular flexibility index (Phi) is 8.02. The van der Waals surface area contributed by atoms with Crippen LogP contribution in [0.2, 0.25) is 0 Å². The van der Waals surface area contributed by atoms with Crippen LogP contribution in [0.5, 0.6) is 0 Å². The van der Waals surface area contributed by atoms with E-state index in [2.05, 4.69) is 4.98 Å². The Labute approximate surface area is 159 Å². The summed E-state index contributed by atoms with van der Waals surface area (Å²) in [4.78, 5) is 29.7. The number of ether oxygens (including phenoxy) is 2. The molecule has 0 aromatic carbocycles. The zero-order chi connectivity index (χ0) is 20.1. The number of hydrogen-bond acceptors (Lipinski definition) is 7. The lowest BCUT2D eigenvalue weighted by molar-refractivity contribution is 0.0106. The van der Waals surface area contributed by atoms with Gasteiger partial charge in [0, 0.05) is 24.9 Å². The third-order valence-corrected chi connectivity index (χ3v) is 4.65. The van der Waals surface area contributed by atoms with Crippen LogP contribution >= 0.6 is 11.3 Å². The average molecular weight is 387 g/mol. The van der Waals surface area contributed by atoms with Crippen molar-refractivity contribution in [1.29, 1.82) is 0 Å². The number of thiazole rings is 1. The van der Waals surface area contributed by atoms with Gasteiger partial charge in [0.05, 0.1) is 6.61 Å². The zero-order valence-electron chi connectivity index (χ0n) is 16.6. The number of amides is 1. The molecule has 0 fully saturated rings. The van der Waals surface area contributed by atoms with Gasteiger partial charge in [-0.15, -0.1) is 11.3 Å². The van der Waals surface area contributed by atoms with Gasteiger partial charge in [0.2, 0.25) is 0 Å². The predicted molar refractivity (Wildman–Crippen MR) is 100 cm³/mol. The maximum atomic E-state index is 12.3. The van der Waals surface area contributed by atoms with E-state index < -0.39 is 23.8 Å². The van der Waals surface area contributed by atoms with Crippen LogP contribution in [0.3, 0.4) is 0 Å². The lowest BCUT2D eigenvalue weighted by Crippen LogP contribution is -2.44. The molecular formula is C18H30N2O5S. The quantitative estimate of drug-likeness (QED) is 0.720. The molecule has 0 bridgehead atoms. The highest BCUT2D eigenvalue weighted by Gasteiger charge is 2.30. The van der Waals surface area contributed by atoms with Crippen molar-refractivity contribution in [2.75, 3.05) is 13.7 Å². The van der Waals surface area contributed by atoms with E-state index in [0.717, 1.165) is 0 Å². The standard InChI is InChI=1S/C18H30N2O5S/c1-8-24-16(22)12-10-26-15(19-12)14(21)9-13(11(2)3)20(7)17(23)25-18(4,5)6/h10-11,13-14,21H,8-9H2,1-7H3/t13-,14+/m1/s1. The van der Waals surface area contributed by atoms with Gasteiger partial charge in [-0.05, 0) is 33.6 Å². The minimum atomic E-state index is -0.888. The Morgan fingerprint density at radius 1 is 1.35 bits per heavy atom. The van der Waals surface area contributed by atoms with Crippen molar-refractivity contribution in [3.63, 3.8) is 0 Å². The van der Waals surface area contributed by atoms with Crippen LogP contribution in [0.15, 0.2) is 5.38 Å². The molecule has 26 heavy (non-hydrogen) atoms. The van der Waals surface area contributed by atoms with E-state index in [1.807, 2.05) is 34.6 Å². The molecule has 1 aromatic heterocycles. The lowest BCUT2D eigenvalue weighted by Gasteiger charge is -2.34. The summed E-state index contributed by atoms with van der Waals surface area (Å²) in [5, 5.41) is 12.5. The molecule has 1 N–H and O–H groups in total. The first-order chi connectivity index (χ1) is 12.0. The van der Waals surface area contributed by atoms with Crippen molar-refractivity contribution in [3.8, 4) is 0 Å². The highest BCUT2D eigenvalue weighted by atomic mass is 32.1. The molecule has 0 aliphatic rings. The largest absolute Gasteiger partial charge is 0.461 e. The van der Waals surface area contributed by atoms with Crippen molar-refractivity contribution in [2.24, 2.45) is 5.92 Å². The first-order valence-electron chi connectivity index (χ1n) is 8.72. The van der Waals surface area contributed by atoms with Gasteiger partial charge in [-0.3, -0.25) is 0 Å². The maximum Gasteiger partial charge on any atom is 0.410 e. The fourth-order valence-electron chi connectivity index (χ4n) is 2.42. The summed E-state index contributed by atoms with van der Waals surface area (Å²) in [6.45, 7) is 11.4. The zero-order valence-corrected chi connectivity index (χ0v) is 17.4. The summed E-state index contributed by atoms with van der Waals surface area (Å²) in [6, 6.07) is -0.241. The predicted octanol–water partition coefficient (Wildman–Crippen LogP) is 3.63. The minimum Gasteiger partial charge on any atom is -0.461 e. The van der Waals surface area contributed by atoms with Crippen molar-refractivity contribution < 1.29 is 24.2 Å². The fourth-order valence-corrected chi connectivity index (χ4v) is 3.20. The molecule has 0 saturated heterocycles. The van der Waals surface area contributed by atoms with Gasteiger partial charge in [-0.25, -0.2) is 14.6 Å². The number of carbonyl (C=O) groups is 2. The Morgan fingerprint density at radius 3 is 2.46 bits per heavy atom. The van der Waals surface area contributed by atoms with Crippen LogP contribution in [-0.2, 0) is 9.47 Å². The van der Waals surface area contributed by atoms with Gasteiger partial charge < -0.3 is 19.5 Å².